The molecule has 3 atom stereocenters. The zero-order valence-electron chi connectivity index (χ0n) is 26.0. The molecule has 230 valence electrons. The van der Waals surface area contributed by atoms with Gasteiger partial charge in [0.2, 0.25) is 11.8 Å². The molecule has 0 spiro atoms. The van der Waals surface area contributed by atoms with Crippen molar-refractivity contribution in [1.29, 1.82) is 0 Å². The van der Waals surface area contributed by atoms with E-state index in [9.17, 15) is 19.2 Å². The number of rotatable bonds is 17. The van der Waals surface area contributed by atoms with Crippen LogP contribution >= 0.6 is 0 Å². The first-order valence-corrected chi connectivity index (χ1v) is 17.7. The van der Waals surface area contributed by atoms with Gasteiger partial charge in [-0.25, -0.2) is 4.79 Å². The van der Waals surface area contributed by atoms with Crippen molar-refractivity contribution in [2.75, 3.05) is 33.9 Å². The minimum absolute atomic E-state index is 0.0227. The number of carbonyl (C=O) groups is 4. The summed E-state index contributed by atoms with van der Waals surface area (Å²) in [6.07, 6.45) is 0.438. The van der Waals surface area contributed by atoms with Crippen molar-refractivity contribution in [3.8, 4) is 0 Å². The fourth-order valence-electron chi connectivity index (χ4n) is 3.80. The summed E-state index contributed by atoms with van der Waals surface area (Å²) in [4.78, 5) is 54.7. The van der Waals surface area contributed by atoms with Gasteiger partial charge in [0.05, 0.1) is 19.3 Å². The predicted molar refractivity (Wildman–Crippen MR) is 162 cm³/mol. The molecule has 10 nitrogen and oxygen atoms in total. The number of benzene rings is 1. The molecule has 0 fully saturated rings. The van der Waals surface area contributed by atoms with Gasteiger partial charge in [0, 0.05) is 22.2 Å². The first-order chi connectivity index (χ1) is 19.2. The molecule has 11 heteroatoms. The van der Waals surface area contributed by atoms with Crippen molar-refractivity contribution >= 4 is 32.0 Å². The van der Waals surface area contributed by atoms with E-state index in [4.69, 9.17) is 14.2 Å². The Morgan fingerprint density at radius 1 is 1.02 bits per heavy atom. The summed E-state index contributed by atoms with van der Waals surface area (Å²) in [7, 11) is 1.56. The Bertz CT molecular complexity index is 998. The fourth-order valence-corrected chi connectivity index (χ4v) is 4.51. The van der Waals surface area contributed by atoms with E-state index in [1.165, 1.54) is 30.0 Å². The van der Waals surface area contributed by atoms with Crippen LogP contribution in [0.4, 0.5) is 4.79 Å². The van der Waals surface area contributed by atoms with E-state index in [-0.39, 0.29) is 32.3 Å². The molecular formula is C30H49N3O7Si. The molecule has 0 aliphatic carbocycles. The highest BCUT2D eigenvalue weighted by Crippen LogP contribution is 2.15. The number of hydrogen-bond donors (Lipinski definition) is 1. The monoisotopic (exact) mass is 591 g/mol. The molecule has 0 aliphatic rings. The second-order valence-electron chi connectivity index (χ2n) is 11.8. The van der Waals surface area contributed by atoms with Gasteiger partial charge in [0.15, 0.2) is 0 Å². The molecule has 0 saturated heterocycles. The number of esters is 1. The standard InChI is InChI=1S/C30H49N3O7Si/c1-10-16-38-26(34)20-32(5)29(36)27(23(4)40-21-24-14-12-11-13-15-24)31-28(35)25(19-22(2)3)33(6)30(37)39-17-18-41(7,8)9/h10-15,22-23,25,27H,1,16-21H2,2-9H3,(H,31,35)/t23-,25+,27+/m1/s1. The highest BCUT2D eigenvalue weighted by molar-refractivity contribution is 6.76. The van der Waals surface area contributed by atoms with Crippen LogP contribution in [0.1, 0.15) is 32.8 Å². The molecule has 1 N–H and O–H groups in total. The van der Waals surface area contributed by atoms with Crippen molar-refractivity contribution in [2.24, 2.45) is 5.92 Å². The maximum absolute atomic E-state index is 13.7. The van der Waals surface area contributed by atoms with Crippen LogP contribution in [0.2, 0.25) is 25.7 Å². The quantitative estimate of drug-likeness (QED) is 0.165. The number of amides is 3. The number of likely N-dealkylation sites (N-methyl/N-ethyl adjacent to an activating group) is 2. The number of ether oxygens (including phenoxy) is 3. The number of hydrogen-bond acceptors (Lipinski definition) is 7. The van der Waals surface area contributed by atoms with Crippen LogP contribution in [0.25, 0.3) is 0 Å². The molecule has 3 amide bonds. The van der Waals surface area contributed by atoms with Gasteiger partial charge in [0.25, 0.3) is 0 Å². The minimum Gasteiger partial charge on any atom is -0.460 e. The van der Waals surface area contributed by atoms with Gasteiger partial charge in [-0.3, -0.25) is 19.3 Å². The first kappa shape index (κ1) is 35.8. The number of carbonyl (C=O) groups excluding carboxylic acids is 4. The Hall–Kier alpha value is -3.18. The predicted octanol–water partition coefficient (Wildman–Crippen LogP) is 4.09. The maximum Gasteiger partial charge on any atom is 0.410 e. The molecule has 1 aromatic rings. The summed E-state index contributed by atoms with van der Waals surface area (Å²) in [6.45, 7) is 15.9. The van der Waals surface area contributed by atoms with Gasteiger partial charge in [0.1, 0.15) is 25.2 Å². The van der Waals surface area contributed by atoms with Crippen LogP contribution in [0.3, 0.4) is 0 Å². The van der Waals surface area contributed by atoms with Gasteiger partial charge in [-0.15, -0.1) is 0 Å². The Labute approximate surface area is 246 Å². The normalized spacial score (nSPS) is 13.5. The van der Waals surface area contributed by atoms with E-state index >= 15 is 0 Å². The lowest BCUT2D eigenvalue weighted by Crippen LogP contribution is -2.58. The molecular weight excluding hydrogens is 542 g/mol. The van der Waals surface area contributed by atoms with Crippen molar-refractivity contribution in [2.45, 2.75) is 77.7 Å². The van der Waals surface area contributed by atoms with E-state index < -0.39 is 50.1 Å². The van der Waals surface area contributed by atoms with Crippen molar-refractivity contribution < 1.29 is 33.4 Å². The van der Waals surface area contributed by atoms with E-state index in [1.807, 2.05) is 44.2 Å². The van der Waals surface area contributed by atoms with Gasteiger partial charge < -0.3 is 24.4 Å². The average molecular weight is 592 g/mol. The smallest absolute Gasteiger partial charge is 0.410 e. The van der Waals surface area contributed by atoms with E-state index in [2.05, 4.69) is 31.5 Å². The third-order valence-corrected chi connectivity index (χ3v) is 8.03. The van der Waals surface area contributed by atoms with Crippen molar-refractivity contribution in [1.82, 2.24) is 15.1 Å². The van der Waals surface area contributed by atoms with E-state index in [1.54, 1.807) is 6.92 Å². The molecule has 1 aromatic carbocycles. The topological polar surface area (TPSA) is 114 Å². The number of nitrogens with one attached hydrogen (secondary N) is 1. The molecule has 0 bridgehead atoms. The van der Waals surface area contributed by atoms with Crippen LogP contribution in [0.5, 0.6) is 0 Å². The zero-order chi connectivity index (χ0) is 31.2. The molecule has 1 rings (SSSR count). The zero-order valence-corrected chi connectivity index (χ0v) is 27.0. The SMILES string of the molecule is C=CCOC(=O)CN(C)C(=O)[C@@H](NC(=O)[C@H](CC(C)C)N(C)C(=O)OCC[Si](C)(C)C)[C@@H](C)OCc1ccccc1. The number of nitrogens with zero attached hydrogens (tertiary/aromatic N) is 2. The van der Waals surface area contributed by atoms with Gasteiger partial charge >= 0.3 is 12.1 Å². The summed E-state index contributed by atoms with van der Waals surface area (Å²) in [5, 5.41) is 2.81. The maximum atomic E-state index is 13.7. The second kappa shape index (κ2) is 17.6. The summed E-state index contributed by atoms with van der Waals surface area (Å²) in [5.74, 6) is -1.58. The fraction of sp³-hybridized carbons (Fsp3) is 0.600. The molecule has 0 aromatic heterocycles. The third kappa shape index (κ3) is 13.8. The van der Waals surface area contributed by atoms with Crippen LogP contribution in [-0.4, -0.2) is 93.8 Å². The molecule has 41 heavy (non-hydrogen) atoms. The third-order valence-electron chi connectivity index (χ3n) is 6.32. The van der Waals surface area contributed by atoms with Crippen LogP contribution in [0.15, 0.2) is 43.0 Å². The molecule has 0 saturated carbocycles. The highest BCUT2D eigenvalue weighted by atomic mass is 28.3. The van der Waals surface area contributed by atoms with Crippen molar-refractivity contribution in [3.63, 3.8) is 0 Å². The van der Waals surface area contributed by atoms with Crippen LogP contribution in [0, 0.1) is 5.92 Å². The lowest BCUT2D eigenvalue weighted by molar-refractivity contribution is -0.150. The average Bonchev–Trinajstić information content (AvgIpc) is 2.90. The molecule has 0 unspecified atom stereocenters. The molecule has 0 radical (unpaired) electrons. The Kier molecular flexibility index (Phi) is 15.4. The van der Waals surface area contributed by atoms with Crippen molar-refractivity contribution in [3.05, 3.63) is 48.6 Å². The molecule has 0 heterocycles. The van der Waals surface area contributed by atoms with Gasteiger partial charge in [-0.2, -0.15) is 0 Å². The largest absolute Gasteiger partial charge is 0.460 e. The summed E-state index contributed by atoms with van der Waals surface area (Å²) < 4.78 is 16.5. The summed E-state index contributed by atoms with van der Waals surface area (Å²) in [6, 6.07) is 8.24. The minimum atomic E-state index is -1.41. The van der Waals surface area contributed by atoms with Crippen LogP contribution < -0.4 is 5.32 Å². The van der Waals surface area contributed by atoms with Gasteiger partial charge in [-0.05, 0) is 30.9 Å². The Morgan fingerprint density at radius 2 is 1.66 bits per heavy atom. The lowest BCUT2D eigenvalue weighted by atomic mass is 10.0. The van der Waals surface area contributed by atoms with Crippen LogP contribution in [-0.2, 0) is 35.2 Å². The van der Waals surface area contributed by atoms with E-state index in [0.29, 0.717) is 6.42 Å². The van der Waals surface area contributed by atoms with E-state index in [0.717, 1.165) is 11.6 Å². The first-order valence-electron chi connectivity index (χ1n) is 14.0. The lowest BCUT2D eigenvalue weighted by Gasteiger charge is -2.32. The Balaban J connectivity index is 3.13. The summed E-state index contributed by atoms with van der Waals surface area (Å²) in [5.41, 5.74) is 0.900. The Morgan fingerprint density at radius 3 is 2.22 bits per heavy atom. The highest BCUT2D eigenvalue weighted by Gasteiger charge is 2.36. The second-order valence-corrected chi connectivity index (χ2v) is 17.5. The van der Waals surface area contributed by atoms with Gasteiger partial charge in [-0.1, -0.05) is 76.5 Å². The summed E-state index contributed by atoms with van der Waals surface area (Å²) >= 11 is 0. The molecule has 0 aliphatic heterocycles.